The van der Waals surface area contributed by atoms with Gasteiger partial charge in [-0.1, -0.05) is 35.3 Å². The number of anilines is 4. The highest BCUT2D eigenvalue weighted by Gasteiger charge is 2.09. The van der Waals surface area contributed by atoms with Crippen molar-refractivity contribution >= 4 is 46.3 Å². The van der Waals surface area contributed by atoms with E-state index in [1.54, 1.807) is 42.5 Å². The molecule has 0 saturated heterocycles. The van der Waals surface area contributed by atoms with Crippen molar-refractivity contribution in [3.05, 3.63) is 69.8 Å². The van der Waals surface area contributed by atoms with E-state index in [9.17, 15) is 0 Å². The van der Waals surface area contributed by atoms with E-state index in [4.69, 9.17) is 28.5 Å². The zero-order chi connectivity index (χ0) is 17.8. The third-order valence-electron chi connectivity index (χ3n) is 3.32. The van der Waals surface area contributed by atoms with Gasteiger partial charge in [0.05, 0.1) is 27.4 Å². The molecule has 0 atom stereocenters. The second kappa shape index (κ2) is 7.39. The molecule has 0 spiro atoms. The van der Waals surface area contributed by atoms with Gasteiger partial charge in [0.25, 0.3) is 0 Å². The van der Waals surface area contributed by atoms with Crippen molar-refractivity contribution in [3.63, 3.8) is 0 Å². The Labute approximate surface area is 155 Å². The Morgan fingerprint density at radius 2 is 1.68 bits per heavy atom. The zero-order valence-electron chi connectivity index (χ0n) is 13.2. The Bertz CT molecular complexity index is 946. The highest BCUT2D eigenvalue weighted by Crippen LogP contribution is 2.32. The average Bonchev–Trinajstić information content (AvgIpc) is 2.58. The Morgan fingerprint density at radius 1 is 0.960 bits per heavy atom. The van der Waals surface area contributed by atoms with Crippen LogP contribution in [0.1, 0.15) is 11.3 Å². The van der Waals surface area contributed by atoms with Gasteiger partial charge < -0.3 is 10.6 Å². The molecule has 3 aromatic rings. The molecule has 3 rings (SSSR count). The number of aromatic nitrogens is 2. The second-order valence-corrected chi connectivity index (χ2v) is 6.07. The summed E-state index contributed by atoms with van der Waals surface area (Å²) < 4.78 is 0. The van der Waals surface area contributed by atoms with E-state index >= 15 is 0 Å². The molecule has 1 heterocycles. The van der Waals surface area contributed by atoms with Gasteiger partial charge in [-0.05, 0) is 37.3 Å². The number of rotatable bonds is 4. The van der Waals surface area contributed by atoms with Gasteiger partial charge in [-0.3, -0.25) is 0 Å². The molecule has 0 radical (unpaired) electrons. The van der Waals surface area contributed by atoms with Crippen LogP contribution in [0.5, 0.6) is 0 Å². The summed E-state index contributed by atoms with van der Waals surface area (Å²) in [7, 11) is 0. The predicted molar refractivity (Wildman–Crippen MR) is 101 cm³/mol. The summed E-state index contributed by atoms with van der Waals surface area (Å²) in [5.41, 5.74) is 2.63. The standard InChI is InChI=1S/C18H13Cl2N5/c1-11-8-16(24-17-14(19)6-3-7-15(17)20)25-18(22-11)23-13-5-2-4-12(9-13)10-21/h2-9H,1H3,(H2,22,23,24,25). The minimum Gasteiger partial charge on any atom is -0.338 e. The van der Waals surface area contributed by atoms with E-state index in [0.29, 0.717) is 33.1 Å². The number of nitriles is 1. The molecule has 0 aliphatic heterocycles. The van der Waals surface area contributed by atoms with Gasteiger partial charge in [-0.15, -0.1) is 0 Å². The first-order valence-corrected chi connectivity index (χ1v) is 8.14. The van der Waals surface area contributed by atoms with Crippen molar-refractivity contribution in [2.24, 2.45) is 0 Å². The van der Waals surface area contributed by atoms with E-state index < -0.39 is 0 Å². The van der Waals surface area contributed by atoms with Crippen LogP contribution in [0, 0.1) is 18.3 Å². The van der Waals surface area contributed by atoms with E-state index in [-0.39, 0.29) is 0 Å². The molecule has 124 valence electrons. The van der Waals surface area contributed by atoms with Crippen LogP contribution in [0.4, 0.5) is 23.1 Å². The molecule has 0 aliphatic rings. The number of benzene rings is 2. The molecular weight excluding hydrogens is 357 g/mol. The van der Waals surface area contributed by atoms with Gasteiger partial charge in [-0.2, -0.15) is 10.2 Å². The summed E-state index contributed by atoms with van der Waals surface area (Å²) in [5, 5.41) is 16.2. The monoisotopic (exact) mass is 369 g/mol. The van der Waals surface area contributed by atoms with E-state index in [1.807, 2.05) is 13.0 Å². The normalized spacial score (nSPS) is 10.2. The Morgan fingerprint density at radius 3 is 2.40 bits per heavy atom. The number of hydrogen-bond donors (Lipinski definition) is 2. The number of hydrogen-bond acceptors (Lipinski definition) is 5. The lowest BCUT2D eigenvalue weighted by Gasteiger charge is -2.12. The van der Waals surface area contributed by atoms with Crippen LogP contribution >= 0.6 is 23.2 Å². The highest BCUT2D eigenvalue weighted by atomic mass is 35.5. The molecule has 0 bridgehead atoms. The number of nitrogens with one attached hydrogen (secondary N) is 2. The third kappa shape index (κ3) is 4.18. The lowest BCUT2D eigenvalue weighted by molar-refractivity contribution is 1.11. The van der Waals surface area contributed by atoms with Crippen molar-refractivity contribution in [2.75, 3.05) is 10.6 Å². The van der Waals surface area contributed by atoms with E-state index in [0.717, 1.165) is 11.4 Å². The topological polar surface area (TPSA) is 73.6 Å². The first kappa shape index (κ1) is 17.0. The molecule has 0 fully saturated rings. The van der Waals surface area contributed by atoms with Gasteiger partial charge >= 0.3 is 0 Å². The fourth-order valence-corrected chi connectivity index (χ4v) is 2.72. The fraction of sp³-hybridized carbons (Fsp3) is 0.0556. The Balaban J connectivity index is 1.89. The fourth-order valence-electron chi connectivity index (χ4n) is 2.23. The Hall–Kier alpha value is -2.81. The SMILES string of the molecule is Cc1cc(Nc2c(Cl)cccc2Cl)nc(Nc2cccc(C#N)c2)n1. The molecule has 0 unspecified atom stereocenters. The maximum atomic E-state index is 8.99. The molecule has 25 heavy (non-hydrogen) atoms. The molecule has 7 heteroatoms. The minimum absolute atomic E-state index is 0.403. The van der Waals surface area contributed by atoms with Crippen LogP contribution in [-0.4, -0.2) is 9.97 Å². The van der Waals surface area contributed by atoms with Crippen molar-refractivity contribution < 1.29 is 0 Å². The lowest BCUT2D eigenvalue weighted by atomic mass is 10.2. The van der Waals surface area contributed by atoms with Crippen LogP contribution < -0.4 is 10.6 Å². The van der Waals surface area contributed by atoms with E-state index in [1.165, 1.54) is 0 Å². The van der Waals surface area contributed by atoms with Gasteiger partial charge in [-0.25, -0.2) is 4.98 Å². The maximum Gasteiger partial charge on any atom is 0.229 e. The summed E-state index contributed by atoms with van der Waals surface area (Å²) in [5.74, 6) is 0.960. The quantitative estimate of drug-likeness (QED) is 0.639. The number of aryl methyl sites for hydroxylation is 1. The molecule has 1 aromatic heterocycles. The van der Waals surface area contributed by atoms with Crippen LogP contribution in [0.3, 0.4) is 0 Å². The Kier molecular flexibility index (Phi) is 5.03. The van der Waals surface area contributed by atoms with Gasteiger partial charge in [0.15, 0.2) is 0 Å². The first-order chi connectivity index (χ1) is 12.0. The van der Waals surface area contributed by atoms with Crippen molar-refractivity contribution in [1.82, 2.24) is 9.97 Å². The lowest BCUT2D eigenvalue weighted by Crippen LogP contribution is -2.03. The smallest absolute Gasteiger partial charge is 0.229 e. The van der Waals surface area contributed by atoms with Crippen LogP contribution in [0.25, 0.3) is 0 Å². The summed E-state index contributed by atoms with van der Waals surface area (Å²) in [6.07, 6.45) is 0. The van der Waals surface area contributed by atoms with Crippen molar-refractivity contribution in [2.45, 2.75) is 6.92 Å². The molecule has 5 nitrogen and oxygen atoms in total. The summed E-state index contributed by atoms with van der Waals surface area (Å²) in [6, 6.07) is 16.2. The molecule has 2 aromatic carbocycles. The average molecular weight is 370 g/mol. The molecule has 0 aliphatic carbocycles. The van der Waals surface area contributed by atoms with E-state index in [2.05, 4.69) is 26.7 Å². The number of halogens is 2. The molecule has 0 saturated carbocycles. The predicted octanol–water partition coefficient (Wildman–Crippen LogP) is 5.45. The molecular formula is C18H13Cl2N5. The van der Waals surface area contributed by atoms with Crippen molar-refractivity contribution in [1.29, 1.82) is 5.26 Å². The van der Waals surface area contributed by atoms with Crippen molar-refractivity contribution in [3.8, 4) is 6.07 Å². The van der Waals surface area contributed by atoms with Gasteiger partial charge in [0, 0.05) is 17.4 Å². The number of nitrogens with zero attached hydrogens (tertiary/aromatic N) is 3. The summed E-state index contributed by atoms with van der Waals surface area (Å²) in [4.78, 5) is 8.79. The molecule has 0 amide bonds. The minimum atomic E-state index is 0.403. The van der Waals surface area contributed by atoms with Crippen LogP contribution in [0.15, 0.2) is 48.5 Å². The first-order valence-electron chi connectivity index (χ1n) is 7.39. The van der Waals surface area contributed by atoms with Crippen LogP contribution in [0.2, 0.25) is 10.0 Å². The number of para-hydroxylation sites is 1. The third-order valence-corrected chi connectivity index (χ3v) is 3.95. The summed E-state index contributed by atoms with van der Waals surface area (Å²) >= 11 is 12.4. The largest absolute Gasteiger partial charge is 0.338 e. The maximum absolute atomic E-state index is 8.99. The summed E-state index contributed by atoms with van der Waals surface area (Å²) in [6.45, 7) is 1.86. The second-order valence-electron chi connectivity index (χ2n) is 5.26. The zero-order valence-corrected chi connectivity index (χ0v) is 14.7. The highest BCUT2D eigenvalue weighted by molar-refractivity contribution is 6.39. The molecule has 2 N–H and O–H groups in total. The van der Waals surface area contributed by atoms with Crippen LogP contribution in [-0.2, 0) is 0 Å². The van der Waals surface area contributed by atoms with Gasteiger partial charge in [0.2, 0.25) is 5.95 Å². The van der Waals surface area contributed by atoms with Gasteiger partial charge in [0.1, 0.15) is 5.82 Å².